The van der Waals surface area contributed by atoms with Crippen LogP contribution in [0.15, 0.2) is 82.2 Å². The number of benzene rings is 3. The Morgan fingerprint density at radius 2 is 1.65 bits per heavy atom. The predicted molar refractivity (Wildman–Crippen MR) is 161 cm³/mol. The number of sulfonamides is 1. The number of amides is 2. The molecule has 8 nitrogen and oxygen atoms in total. The molecule has 0 aliphatic rings. The lowest BCUT2D eigenvalue weighted by Crippen LogP contribution is -2.51. The van der Waals surface area contributed by atoms with E-state index in [2.05, 4.69) is 21.2 Å². The van der Waals surface area contributed by atoms with Crippen molar-refractivity contribution in [3.05, 3.63) is 88.4 Å². The highest BCUT2D eigenvalue weighted by Gasteiger charge is 2.32. The summed E-state index contributed by atoms with van der Waals surface area (Å²) in [5.41, 5.74) is 1.97. The van der Waals surface area contributed by atoms with Gasteiger partial charge in [0, 0.05) is 23.6 Å². The van der Waals surface area contributed by atoms with Gasteiger partial charge in [-0.1, -0.05) is 65.7 Å². The van der Waals surface area contributed by atoms with Gasteiger partial charge in [0.1, 0.15) is 18.3 Å². The number of hydrogen-bond donors (Lipinski definition) is 1. The minimum Gasteiger partial charge on any atom is -0.497 e. The molecule has 0 aliphatic carbocycles. The molecule has 2 amide bonds. The summed E-state index contributed by atoms with van der Waals surface area (Å²) in [5, 5.41) is 2.89. The van der Waals surface area contributed by atoms with Gasteiger partial charge in [-0.05, 0) is 61.7 Å². The SMILES string of the molecule is COc1cccc(N(CC(=O)N(Cc2cccc(Br)c2)C(C)C(=O)NCC(C)C)S(=O)(=O)c2ccc(C)cc2)c1. The van der Waals surface area contributed by atoms with Gasteiger partial charge in [-0.15, -0.1) is 0 Å². The molecule has 40 heavy (non-hydrogen) atoms. The number of carbonyl (C=O) groups excluding carboxylic acids is 2. The average molecular weight is 631 g/mol. The van der Waals surface area contributed by atoms with E-state index in [0.29, 0.717) is 12.3 Å². The van der Waals surface area contributed by atoms with Crippen molar-refractivity contribution in [2.45, 2.75) is 45.2 Å². The molecule has 0 saturated heterocycles. The van der Waals surface area contributed by atoms with Crippen molar-refractivity contribution in [2.75, 3.05) is 24.5 Å². The maximum Gasteiger partial charge on any atom is 0.264 e. The summed E-state index contributed by atoms with van der Waals surface area (Å²) in [5.74, 6) is -0.160. The van der Waals surface area contributed by atoms with Crippen LogP contribution in [0, 0.1) is 12.8 Å². The van der Waals surface area contributed by atoms with Gasteiger partial charge in [-0.3, -0.25) is 13.9 Å². The third-order valence-electron chi connectivity index (χ3n) is 6.32. The van der Waals surface area contributed by atoms with Crippen LogP contribution in [0.2, 0.25) is 0 Å². The lowest BCUT2D eigenvalue weighted by molar-refractivity contribution is -0.139. The summed E-state index contributed by atoms with van der Waals surface area (Å²) in [6.07, 6.45) is 0. The molecule has 1 unspecified atom stereocenters. The third-order valence-corrected chi connectivity index (χ3v) is 8.60. The van der Waals surface area contributed by atoms with Gasteiger partial charge in [0.05, 0.1) is 17.7 Å². The lowest BCUT2D eigenvalue weighted by Gasteiger charge is -2.32. The molecule has 0 fully saturated rings. The molecule has 0 aromatic heterocycles. The Hall–Kier alpha value is -3.37. The van der Waals surface area contributed by atoms with Crippen molar-refractivity contribution in [1.29, 1.82) is 0 Å². The van der Waals surface area contributed by atoms with Gasteiger partial charge in [0.15, 0.2) is 0 Å². The molecular formula is C30H36BrN3O5S. The van der Waals surface area contributed by atoms with E-state index in [4.69, 9.17) is 4.74 Å². The Labute approximate surface area is 245 Å². The van der Waals surface area contributed by atoms with Crippen LogP contribution >= 0.6 is 15.9 Å². The second-order valence-electron chi connectivity index (χ2n) is 9.99. The molecule has 1 N–H and O–H groups in total. The molecule has 3 aromatic rings. The fraction of sp³-hybridized carbons (Fsp3) is 0.333. The van der Waals surface area contributed by atoms with Gasteiger partial charge in [0.25, 0.3) is 10.0 Å². The van der Waals surface area contributed by atoms with Crippen LogP contribution in [0.1, 0.15) is 31.9 Å². The summed E-state index contributed by atoms with van der Waals surface area (Å²) in [6.45, 7) is 7.54. The van der Waals surface area contributed by atoms with E-state index < -0.39 is 28.5 Å². The van der Waals surface area contributed by atoms with Crippen molar-refractivity contribution >= 4 is 43.5 Å². The second-order valence-corrected chi connectivity index (χ2v) is 12.8. The topological polar surface area (TPSA) is 96.0 Å². The number of aryl methyl sites for hydroxylation is 1. The summed E-state index contributed by atoms with van der Waals surface area (Å²) in [7, 11) is -2.66. The van der Waals surface area contributed by atoms with Crippen molar-refractivity contribution in [2.24, 2.45) is 5.92 Å². The molecule has 1 atom stereocenters. The van der Waals surface area contributed by atoms with Gasteiger partial charge < -0.3 is 15.0 Å². The maximum atomic E-state index is 14.0. The lowest BCUT2D eigenvalue weighted by atomic mass is 10.1. The van der Waals surface area contributed by atoms with E-state index in [-0.39, 0.29) is 29.0 Å². The first kappa shape index (κ1) is 31.2. The number of nitrogens with one attached hydrogen (secondary N) is 1. The number of hydrogen-bond acceptors (Lipinski definition) is 5. The summed E-state index contributed by atoms with van der Waals surface area (Å²) < 4.78 is 35.0. The van der Waals surface area contributed by atoms with Crippen molar-refractivity contribution in [3.63, 3.8) is 0 Å². The molecule has 3 rings (SSSR count). The fourth-order valence-electron chi connectivity index (χ4n) is 4.00. The minimum atomic E-state index is -4.15. The van der Waals surface area contributed by atoms with Crippen LogP contribution in [0.3, 0.4) is 0 Å². The molecular weight excluding hydrogens is 594 g/mol. The van der Waals surface area contributed by atoms with E-state index in [1.54, 1.807) is 43.3 Å². The van der Waals surface area contributed by atoms with Crippen LogP contribution in [0.4, 0.5) is 5.69 Å². The third kappa shape index (κ3) is 8.08. The van der Waals surface area contributed by atoms with Crippen LogP contribution in [-0.2, 0) is 26.2 Å². The smallest absolute Gasteiger partial charge is 0.264 e. The highest BCUT2D eigenvalue weighted by Crippen LogP contribution is 2.28. The van der Waals surface area contributed by atoms with Crippen LogP contribution < -0.4 is 14.4 Å². The number of carbonyl (C=O) groups is 2. The van der Waals surface area contributed by atoms with Crippen LogP contribution in [0.5, 0.6) is 5.75 Å². The first-order chi connectivity index (χ1) is 18.9. The number of rotatable bonds is 12. The van der Waals surface area contributed by atoms with Gasteiger partial charge in [0.2, 0.25) is 11.8 Å². The Morgan fingerprint density at radius 3 is 2.27 bits per heavy atom. The zero-order chi connectivity index (χ0) is 29.4. The Kier molecular flexibility index (Phi) is 10.8. The Morgan fingerprint density at radius 1 is 0.975 bits per heavy atom. The van der Waals surface area contributed by atoms with E-state index in [1.807, 2.05) is 45.0 Å². The summed E-state index contributed by atoms with van der Waals surface area (Å²) >= 11 is 3.46. The van der Waals surface area contributed by atoms with Gasteiger partial charge in [-0.2, -0.15) is 0 Å². The average Bonchev–Trinajstić information content (AvgIpc) is 2.93. The molecule has 214 valence electrons. The second kappa shape index (κ2) is 13.8. The molecule has 0 radical (unpaired) electrons. The maximum absolute atomic E-state index is 14.0. The van der Waals surface area contributed by atoms with E-state index in [9.17, 15) is 18.0 Å². The molecule has 10 heteroatoms. The minimum absolute atomic E-state index is 0.0509. The predicted octanol–water partition coefficient (Wildman–Crippen LogP) is 5.15. The number of anilines is 1. The molecule has 0 spiro atoms. The molecule has 0 saturated carbocycles. The van der Waals surface area contributed by atoms with Crippen LogP contribution in [0.25, 0.3) is 0 Å². The number of halogens is 1. The van der Waals surface area contributed by atoms with E-state index in [0.717, 1.165) is 19.9 Å². The zero-order valence-electron chi connectivity index (χ0n) is 23.4. The monoisotopic (exact) mass is 629 g/mol. The highest BCUT2D eigenvalue weighted by molar-refractivity contribution is 9.10. The Balaban J connectivity index is 2.03. The number of nitrogens with zero attached hydrogens (tertiary/aromatic N) is 2. The van der Waals surface area contributed by atoms with E-state index in [1.165, 1.54) is 24.1 Å². The zero-order valence-corrected chi connectivity index (χ0v) is 25.8. The summed E-state index contributed by atoms with van der Waals surface area (Å²) in [6, 6.07) is 19.6. The fourth-order valence-corrected chi connectivity index (χ4v) is 5.85. The molecule has 0 heterocycles. The van der Waals surface area contributed by atoms with Crippen molar-refractivity contribution in [3.8, 4) is 5.75 Å². The van der Waals surface area contributed by atoms with E-state index >= 15 is 0 Å². The van der Waals surface area contributed by atoms with Crippen molar-refractivity contribution in [1.82, 2.24) is 10.2 Å². The first-order valence-electron chi connectivity index (χ1n) is 13.0. The van der Waals surface area contributed by atoms with Gasteiger partial charge in [-0.25, -0.2) is 8.42 Å². The highest BCUT2D eigenvalue weighted by atomic mass is 79.9. The normalized spacial score (nSPS) is 12.1. The molecule has 0 bridgehead atoms. The number of methoxy groups -OCH3 is 1. The van der Waals surface area contributed by atoms with Crippen molar-refractivity contribution < 1.29 is 22.7 Å². The molecule has 0 aliphatic heterocycles. The number of ether oxygens (including phenoxy) is 1. The van der Waals surface area contributed by atoms with Crippen LogP contribution in [-0.4, -0.2) is 51.4 Å². The standard InChI is InChI=1S/C30H36BrN3O5S/c1-21(2)18-32-30(36)23(4)33(19-24-8-6-9-25(31)16-24)29(35)20-34(26-10-7-11-27(17-26)39-5)40(37,38)28-14-12-22(3)13-15-28/h6-17,21,23H,18-20H2,1-5H3,(H,32,36). The van der Waals surface area contributed by atoms with Gasteiger partial charge >= 0.3 is 0 Å². The largest absolute Gasteiger partial charge is 0.497 e. The Bertz CT molecular complexity index is 1430. The first-order valence-corrected chi connectivity index (χ1v) is 15.2. The summed E-state index contributed by atoms with van der Waals surface area (Å²) in [4.78, 5) is 28.5. The quantitative estimate of drug-likeness (QED) is 0.299. The molecule has 3 aromatic carbocycles.